The van der Waals surface area contributed by atoms with Gasteiger partial charge >= 0.3 is 0 Å². The van der Waals surface area contributed by atoms with E-state index in [2.05, 4.69) is 22.8 Å². The van der Waals surface area contributed by atoms with Gasteiger partial charge in [-0.1, -0.05) is 18.2 Å². The molecule has 0 bridgehead atoms. The molecule has 0 aliphatic heterocycles. The molecule has 2 rings (SSSR count). The Bertz CT molecular complexity index is 490. The third-order valence-electron chi connectivity index (χ3n) is 2.97. The van der Waals surface area contributed by atoms with Crippen molar-refractivity contribution in [3.05, 3.63) is 46.7 Å². The summed E-state index contributed by atoms with van der Waals surface area (Å²) in [6.07, 6.45) is 0.926. The van der Waals surface area contributed by atoms with Crippen molar-refractivity contribution in [2.24, 2.45) is 0 Å². The van der Waals surface area contributed by atoms with Crippen molar-refractivity contribution in [1.29, 1.82) is 0 Å². The van der Waals surface area contributed by atoms with E-state index >= 15 is 0 Å². The fourth-order valence-corrected chi connectivity index (χ4v) is 2.81. The summed E-state index contributed by atoms with van der Waals surface area (Å²) in [4.78, 5) is 1.34. The highest BCUT2D eigenvalue weighted by Crippen LogP contribution is 2.27. The lowest BCUT2D eigenvalue weighted by atomic mass is 10.2. The zero-order valence-corrected chi connectivity index (χ0v) is 13.3. The second-order valence-corrected chi connectivity index (χ2v) is 5.12. The summed E-state index contributed by atoms with van der Waals surface area (Å²) < 4.78 is 11.1. The molecule has 0 spiro atoms. The number of benzene rings is 1. The topological polar surface area (TPSA) is 30.5 Å². The summed E-state index contributed by atoms with van der Waals surface area (Å²) in [5.74, 6) is 1.57. The van der Waals surface area contributed by atoms with E-state index in [0.29, 0.717) is 12.6 Å². The molecule has 1 aromatic heterocycles. The van der Waals surface area contributed by atoms with E-state index in [1.807, 2.05) is 31.3 Å². The minimum absolute atomic E-state index is 0. The molecule has 1 heterocycles. The van der Waals surface area contributed by atoms with E-state index in [1.54, 1.807) is 18.4 Å². The number of rotatable bonds is 7. The number of ether oxygens (including phenoxy) is 2. The zero-order valence-electron chi connectivity index (χ0n) is 11.7. The third-order valence-corrected chi connectivity index (χ3v) is 3.95. The third kappa shape index (κ3) is 4.40. The molecule has 110 valence electrons. The first-order valence-electron chi connectivity index (χ1n) is 6.31. The van der Waals surface area contributed by atoms with Crippen LogP contribution in [-0.4, -0.2) is 20.8 Å². The number of hydrogen-bond acceptors (Lipinski definition) is 4. The summed E-state index contributed by atoms with van der Waals surface area (Å²) in [7, 11) is 3.64. The van der Waals surface area contributed by atoms with Crippen LogP contribution in [0.4, 0.5) is 0 Å². The van der Waals surface area contributed by atoms with E-state index in [4.69, 9.17) is 9.47 Å². The second-order valence-electron chi connectivity index (χ2n) is 4.14. The number of methoxy groups -OCH3 is 1. The van der Waals surface area contributed by atoms with Crippen LogP contribution in [0.25, 0.3) is 0 Å². The van der Waals surface area contributed by atoms with Gasteiger partial charge in [0, 0.05) is 17.3 Å². The van der Waals surface area contributed by atoms with Gasteiger partial charge < -0.3 is 14.8 Å². The van der Waals surface area contributed by atoms with E-state index < -0.39 is 0 Å². The maximum atomic E-state index is 5.80. The van der Waals surface area contributed by atoms with E-state index in [-0.39, 0.29) is 12.4 Å². The monoisotopic (exact) mass is 313 g/mol. The fraction of sp³-hybridized carbons (Fsp3) is 0.333. The summed E-state index contributed by atoms with van der Waals surface area (Å²) in [5.41, 5.74) is 0. The maximum Gasteiger partial charge on any atom is 0.161 e. The minimum Gasteiger partial charge on any atom is -0.493 e. The van der Waals surface area contributed by atoms with Gasteiger partial charge in [-0.3, -0.25) is 0 Å². The van der Waals surface area contributed by atoms with Gasteiger partial charge in [0.15, 0.2) is 11.5 Å². The van der Waals surface area contributed by atoms with Crippen LogP contribution in [-0.2, 0) is 0 Å². The molecule has 3 nitrogen and oxygen atoms in total. The van der Waals surface area contributed by atoms with Crippen LogP contribution < -0.4 is 14.8 Å². The Kier molecular flexibility index (Phi) is 7.44. The Morgan fingerprint density at radius 1 is 1.15 bits per heavy atom. The number of thiophene rings is 1. The highest BCUT2D eigenvalue weighted by Gasteiger charge is 2.10. The number of nitrogens with one attached hydrogen (secondary N) is 1. The fourth-order valence-electron chi connectivity index (χ4n) is 1.94. The quantitative estimate of drug-likeness (QED) is 0.840. The smallest absolute Gasteiger partial charge is 0.161 e. The Morgan fingerprint density at radius 2 is 1.90 bits per heavy atom. The lowest BCUT2D eigenvalue weighted by Crippen LogP contribution is -2.18. The highest BCUT2D eigenvalue weighted by molar-refractivity contribution is 7.10. The summed E-state index contributed by atoms with van der Waals surface area (Å²) >= 11 is 1.77. The van der Waals surface area contributed by atoms with Crippen molar-refractivity contribution in [2.75, 3.05) is 20.8 Å². The van der Waals surface area contributed by atoms with Crippen LogP contribution in [0.2, 0.25) is 0 Å². The largest absolute Gasteiger partial charge is 0.493 e. The normalized spacial score (nSPS) is 11.5. The van der Waals surface area contributed by atoms with Crippen LogP contribution >= 0.6 is 23.7 Å². The molecule has 0 aliphatic rings. The van der Waals surface area contributed by atoms with Crippen molar-refractivity contribution < 1.29 is 9.47 Å². The van der Waals surface area contributed by atoms with Crippen molar-refractivity contribution in [3.63, 3.8) is 0 Å². The van der Waals surface area contributed by atoms with Crippen LogP contribution in [0, 0.1) is 0 Å². The van der Waals surface area contributed by atoms with Gasteiger partial charge in [-0.05, 0) is 30.6 Å². The zero-order chi connectivity index (χ0) is 13.5. The molecule has 0 amide bonds. The lowest BCUT2D eigenvalue weighted by Gasteiger charge is -2.16. The highest BCUT2D eigenvalue weighted by atomic mass is 35.5. The van der Waals surface area contributed by atoms with Crippen LogP contribution in [0.3, 0.4) is 0 Å². The Morgan fingerprint density at radius 3 is 2.50 bits per heavy atom. The molecular formula is C15H20ClNO2S. The summed E-state index contributed by atoms with van der Waals surface area (Å²) in [6.45, 7) is 0.657. The summed E-state index contributed by atoms with van der Waals surface area (Å²) in [5, 5.41) is 5.42. The predicted molar refractivity (Wildman–Crippen MR) is 86.5 cm³/mol. The SMILES string of the molecule is CNC(CCOc1ccccc1OC)c1cccs1.Cl. The van der Waals surface area contributed by atoms with E-state index in [1.165, 1.54) is 4.88 Å². The first-order valence-corrected chi connectivity index (χ1v) is 7.19. The standard InChI is InChI=1S/C15H19NO2S.ClH/c1-16-12(15-8-5-11-19-15)9-10-18-14-7-4-3-6-13(14)17-2;/h3-8,11-12,16H,9-10H2,1-2H3;1H. The Hall–Kier alpha value is -1.23. The van der Waals surface area contributed by atoms with Gasteiger partial charge in [-0.2, -0.15) is 0 Å². The maximum absolute atomic E-state index is 5.80. The van der Waals surface area contributed by atoms with Gasteiger partial charge in [-0.25, -0.2) is 0 Å². The molecular weight excluding hydrogens is 294 g/mol. The first kappa shape index (κ1) is 16.8. The molecule has 1 unspecified atom stereocenters. The predicted octanol–water partition coefficient (Wildman–Crippen LogP) is 3.91. The van der Waals surface area contributed by atoms with Crippen LogP contribution in [0.1, 0.15) is 17.3 Å². The molecule has 0 saturated carbocycles. The number of hydrogen-bond donors (Lipinski definition) is 1. The summed E-state index contributed by atoms with van der Waals surface area (Å²) in [6, 6.07) is 12.3. The van der Waals surface area contributed by atoms with Gasteiger partial charge in [0.1, 0.15) is 0 Å². The molecule has 1 atom stereocenters. The average molecular weight is 314 g/mol. The molecule has 5 heteroatoms. The van der Waals surface area contributed by atoms with Crippen molar-refractivity contribution in [2.45, 2.75) is 12.5 Å². The number of halogens is 1. The lowest BCUT2D eigenvalue weighted by molar-refractivity contribution is 0.274. The van der Waals surface area contributed by atoms with Gasteiger partial charge in [0.2, 0.25) is 0 Å². The van der Waals surface area contributed by atoms with Crippen LogP contribution in [0.5, 0.6) is 11.5 Å². The van der Waals surface area contributed by atoms with Gasteiger partial charge in [0.05, 0.1) is 13.7 Å². The molecule has 1 N–H and O–H groups in total. The molecule has 0 saturated heterocycles. The Balaban J connectivity index is 0.00000200. The molecule has 0 fully saturated rings. The van der Waals surface area contributed by atoms with E-state index in [9.17, 15) is 0 Å². The van der Waals surface area contributed by atoms with Gasteiger partial charge in [-0.15, -0.1) is 23.7 Å². The molecule has 1 aromatic carbocycles. The van der Waals surface area contributed by atoms with Gasteiger partial charge in [0.25, 0.3) is 0 Å². The van der Waals surface area contributed by atoms with Crippen molar-refractivity contribution in [1.82, 2.24) is 5.32 Å². The molecule has 0 radical (unpaired) electrons. The molecule has 0 aliphatic carbocycles. The van der Waals surface area contributed by atoms with Crippen molar-refractivity contribution in [3.8, 4) is 11.5 Å². The second kappa shape index (κ2) is 8.84. The first-order chi connectivity index (χ1) is 9.35. The number of para-hydroxylation sites is 2. The average Bonchev–Trinajstić information content (AvgIpc) is 2.98. The molecule has 20 heavy (non-hydrogen) atoms. The van der Waals surface area contributed by atoms with Crippen molar-refractivity contribution >= 4 is 23.7 Å². The minimum atomic E-state index is 0. The molecule has 2 aromatic rings. The Labute approximate surface area is 130 Å². The van der Waals surface area contributed by atoms with E-state index in [0.717, 1.165) is 17.9 Å². The van der Waals surface area contributed by atoms with Crippen LogP contribution in [0.15, 0.2) is 41.8 Å².